The molecule has 4 rings (SSSR count). The first kappa shape index (κ1) is 33.4. The number of aromatic hydroxyl groups is 1. The fourth-order valence-corrected chi connectivity index (χ4v) is 5.79. The van der Waals surface area contributed by atoms with Crippen molar-refractivity contribution in [3.8, 4) is 5.75 Å². The number of halogens is 1. The standard InChI is InChI=1S/C36H47N3O2.BrH/c1-8-9-10-14-19-29(25-17-12-11-13-18-25)39-31-21-16-15-20-30(31)38(34(39)37)24-32(40)26-22-27(35(2,3)4)33(41)28(23-26)36(5,6)7;/h11-13,15-18,20-23,29,37,41H,8-10,14,19,24H2,1-7H3;1H. The molecular weight excluding hydrogens is 586 g/mol. The van der Waals surface area contributed by atoms with Crippen LogP contribution in [0.3, 0.4) is 0 Å². The quantitative estimate of drug-likeness (QED) is 0.135. The van der Waals surface area contributed by atoms with Crippen molar-refractivity contribution in [2.75, 3.05) is 0 Å². The summed E-state index contributed by atoms with van der Waals surface area (Å²) >= 11 is 0. The second-order valence-electron chi connectivity index (χ2n) is 13.4. The monoisotopic (exact) mass is 633 g/mol. The number of fused-ring (bicyclic) bond motifs is 1. The topological polar surface area (TPSA) is 71.0 Å². The highest BCUT2D eigenvalue weighted by Crippen LogP contribution is 2.40. The maximum absolute atomic E-state index is 14.0. The van der Waals surface area contributed by atoms with Crippen LogP contribution in [0.15, 0.2) is 66.7 Å². The van der Waals surface area contributed by atoms with E-state index in [0.717, 1.165) is 41.4 Å². The molecule has 5 nitrogen and oxygen atoms in total. The number of nitrogens with one attached hydrogen (secondary N) is 1. The number of hydrogen-bond donors (Lipinski definition) is 2. The molecule has 2 N–H and O–H groups in total. The van der Waals surface area contributed by atoms with Gasteiger partial charge in [-0.3, -0.25) is 10.2 Å². The number of phenolic OH excluding ortho intramolecular Hbond substituents is 1. The molecule has 0 saturated carbocycles. The van der Waals surface area contributed by atoms with Crippen molar-refractivity contribution in [2.45, 2.75) is 104 Å². The molecule has 42 heavy (non-hydrogen) atoms. The van der Waals surface area contributed by atoms with Gasteiger partial charge < -0.3 is 14.2 Å². The predicted molar refractivity (Wildman–Crippen MR) is 179 cm³/mol. The number of para-hydroxylation sites is 2. The van der Waals surface area contributed by atoms with E-state index in [9.17, 15) is 15.3 Å². The number of nitrogens with zero attached hydrogens (tertiary/aromatic N) is 2. The molecule has 4 aromatic rings. The van der Waals surface area contributed by atoms with Gasteiger partial charge in [-0.05, 0) is 47.1 Å². The van der Waals surface area contributed by atoms with E-state index in [2.05, 4.69) is 83.4 Å². The van der Waals surface area contributed by atoms with Gasteiger partial charge in [0.15, 0.2) is 5.78 Å². The molecular formula is C36H48BrN3O2. The molecule has 0 aliphatic rings. The second kappa shape index (κ2) is 13.5. The van der Waals surface area contributed by atoms with Crippen LogP contribution in [0.4, 0.5) is 0 Å². The van der Waals surface area contributed by atoms with E-state index in [-0.39, 0.29) is 51.9 Å². The molecule has 3 aromatic carbocycles. The number of Topliss-reactive ketones (excluding diaryl/α,β-unsaturated/α-hetero) is 1. The molecule has 0 amide bonds. The molecule has 0 spiro atoms. The highest BCUT2D eigenvalue weighted by atomic mass is 79.9. The molecule has 1 atom stereocenters. The number of benzene rings is 3. The molecule has 0 aliphatic carbocycles. The van der Waals surface area contributed by atoms with E-state index in [4.69, 9.17) is 0 Å². The first-order valence-corrected chi connectivity index (χ1v) is 15.0. The summed E-state index contributed by atoms with van der Waals surface area (Å²) < 4.78 is 3.96. The van der Waals surface area contributed by atoms with E-state index in [1.54, 1.807) is 0 Å². The van der Waals surface area contributed by atoms with Crippen LogP contribution in [-0.2, 0) is 17.4 Å². The number of rotatable bonds is 10. The zero-order valence-corrected chi connectivity index (χ0v) is 28.0. The molecule has 1 aromatic heterocycles. The highest BCUT2D eigenvalue weighted by molar-refractivity contribution is 8.93. The SMILES string of the molecule is Br.CCCCCCC(c1ccccc1)n1c(=N)n(CC(=O)c2cc(C(C)(C)C)c(O)c(C(C)(C)C)c2)c2ccccc21. The van der Waals surface area contributed by atoms with E-state index < -0.39 is 0 Å². The maximum Gasteiger partial charge on any atom is 0.204 e. The number of carbonyl (C=O) groups excluding carboxylic acids is 1. The van der Waals surface area contributed by atoms with Gasteiger partial charge in [0.2, 0.25) is 5.62 Å². The van der Waals surface area contributed by atoms with Crippen molar-refractivity contribution in [2.24, 2.45) is 0 Å². The minimum atomic E-state index is -0.329. The summed E-state index contributed by atoms with van der Waals surface area (Å²) in [4.78, 5) is 14.0. The smallest absolute Gasteiger partial charge is 0.204 e. The average Bonchev–Trinajstić information content (AvgIpc) is 3.19. The minimum Gasteiger partial charge on any atom is -0.507 e. The van der Waals surface area contributed by atoms with Crippen LogP contribution in [0.25, 0.3) is 11.0 Å². The average molecular weight is 635 g/mol. The molecule has 6 heteroatoms. The summed E-state index contributed by atoms with van der Waals surface area (Å²) in [6.07, 6.45) is 5.56. The first-order valence-electron chi connectivity index (χ1n) is 15.0. The Morgan fingerprint density at radius 3 is 1.93 bits per heavy atom. The molecule has 1 heterocycles. The number of phenols is 1. The van der Waals surface area contributed by atoms with E-state index >= 15 is 0 Å². The summed E-state index contributed by atoms with van der Waals surface area (Å²) in [5.74, 6) is 0.197. The third-order valence-corrected chi connectivity index (χ3v) is 8.09. The summed E-state index contributed by atoms with van der Waals surface area (Å²) in [5, 5.41) is 20.5. The second-order valence-corrected chi connectivity index (χ2v) is 13.4. The zero-order chi connectivity index (χ0) is 29.9. The van der Waals surface area contributed by atoms with Crippen LogP contribution in [0.5, 0.6) is 5.75 Å². The van der Waals surface area contributed by atoms with Gasteiger partial charge in [-0.15, -0.1) is 17.0 Å². The van der Waals surface area contributed by atoms with Gasteiger partial charge in [-0.25, -0.2) is 0 Å². The third-order valence-electron chi connectivity index (χ3n) is 8.09. The lowest BCUT2D eigenvalue weighted by atomic mass is 9.78. The van der Waals surface area contributed by atoms with Gasteiger partial charge >= 0.3 is 0 Å². The molecule has 0 bridgehead atoms. The first-order chi connectivity index (χ1) is 19.3. The van der Waals surface area contributed by atoms with Gasteiger partial charge in [-0.2, -0.15) is 0 Å². The molecule has 0 fully saturated rings. The Morgan fingerprint density at radius 1 is 0.833 bits per heavy atom. The highest BCUT2D eigenvalue weighted by Gasteiger charge is 2.28. The van der Waals surface area contributed by atoms with Crippen LogP contribution >= 0.6 is 17.0 Å². The Kier molecular flexibility index (Phi) is 10.7. The predicted octanol–water partition coefficient (Wildman–Crippen LogP) is 9.24. The Bertz CT molecular complexity index is 1530. The van der Waals surface area contributed by atoms with Crippen molar-refractivity contribution in [3.63, 3.8) is 0 Å². The lowest BCUT2D eigenvalue weighted by Crippen LogP contribution is -2.30. The Labute approximate surface area is 261 Å². The van der Waals surface area contributed by atoms with Gasteiger partial charge in [0.25, 0.3) is 0 Å². The van der Waals surface area contributed by atoms with E-state index in [0.29, 0.717) is 11.2 Å². The number of carbonyl (C=O) groups is 1. The van der Waals surface area contributed by atoms with Crippen LogP contribution in [0.1, 0.15) is 114 Å². The molecule has 0 radical (unpaired) electrons. The van der Waals surface area contributed by atoms with Crippen molar-refractivity contribution >= 4 is 33.8 Å². The van der Waals surface area contributed by atoms with Crippen molar-refractivity contribution in [1.29, 1.82) is 5.41 Å². The molecule has 1 unspecified atom stereocenters. The largest absolute Gasteiger partial charge is 0.507 e. The summed E-state index contributed by atoms with van der Waals surface area (Å²) in [7, 11) is 0. The van der Waals surface area contributed by atoms with E-state index in [1.165, 1.54) is 18.4 Å². The van der Waals surface area contributed by atoms with Gasteiger partial charge in [-0.1, -0.05) is 117 Å². The lowest BCUT2D eigenvalue weighted by molar-refractivity contribution is 0.0971. The normalized spacial score (nSPS) is 12.7. The Morgan fingerprint density at radius 2 is 1.38 bits per heavy atom. The van der Waals surface area contributed by atoms with Crippen molar-refractivity contribution in [3.05, 3.63) is 94.6 Å². The number of aromatic nitrogens is 2. The Hall–Kier alpha value is -3.12. The molecule has 0 aliphatic heterocycles. The summed E-state index contributed by atoms with van der Waals surface area (Å²) in [6, 6.07) is 22.2. The number of hydrogen-bond acceptors (Lipinski definition) is 3. The summed E-state index contributed by atoms with van der Waals surface area (Å²) in [5.41, 5.74) is 4.80. The molecule has 0 saturated heterocycles. The van der Waals surface area contributed by atoms with Crippen LogP contribution in [0.2, 0.25) is 0 Å². The maximum atomic E-state index is 14.0. The fourth-order valence-electron chi connectivity index (χ4n) is 5.79. The summed E-state index contributed by atoms with van der Waals surface area (Å²) in [6.45, 7) is 14.6. The minimum absolute atomic E-state index is 0. The van der Waals surface area contributed by atoms with Gasteiger partial charge in [0.1, 0.15) is 5.75 Å². The van der Waals surface area contributed by atoms with Gasteiger partial charge in [0.05, 0.1) is 23.6 Å². The third kappa shape index (κ3) is 7.08. The van der Waals surface area contributed by atoms with Crippen LogP contribution < -0.4 is 5.62 Å². The van der Waals surface area contributed by atoms with Crippen molar-refractivity contribution in [1.82, 2.24) is 9.13 Å². The van der Waals surface area contributed by atoms with E-state index in [1.807, 2.05) is 41.0 Å². The zero-order valence-electron chi connectivity index (χ0n) is 26.3. The number of unbranched alkanes of at least 4 members (excludes halogenated alkanes) is 3. The Balaban J connectivity index is 0.00000484. The van der Waals surface area contributed by atoms with Gasteiger partial charge in [0, 0.05) is 16.7 Å². The van der Waals surface area contributed by atoms with Crippen LogP contribution in [0, 0.1) is 5.41 Å². The number of ketones is 1. The lowest BCUT2D eigenvalue weighted by Gasteiger charge is -2.28. The molecule has 226 valence electrons. The van der Waals surface area contributed by atoms with Crippen molar-refractivity contribution < 1.29 is 9.90 Å². The van der Waals surface area contributed by atoms with Crippen LogP contribution in [-0.4, -0.2) is 20.0 Å². The fraction of sp³-hybridized carbons (Fsp3) is 0.444. The number of imidazole rings is 1.